The number of piperidine rings is 1. The number of carbonyl (C=O) groups is 1. The van der Waals surface area contributed by atoms with Crippen molar-refractivity contribution in [2.75, 3.05) is 13.1 Å². The smallest absolute Gasteiger partial charge is 0.133 e. The Bertz CT molecular complexity index is 884. The number of rotatable bonds is 4. The molecule has 3 rings (SSSR count). The third-order valence-corrected chi connectivity index (χ3v) is 5.65. The van der Waals surface area contributed by atoms with E-state index in [2.05, 4.69) is 61.2 Å². The zero-order valence-electron chi connectivity index (χ0n) is 17.6. The molecule has 0 atom stereocenters. The molecular weight excluding hydrogens is 376 g/mol. The fourth-order valence-corrected chi connectivity index (χ4v) is 3.69. The molecule has 0 amide bonds. The highest BCUT2D eigenvalue weighted by molar-refractivity contribution is 7.81. The summed E-state index contributed by atoms with van der Waals surface area (Å²) in [7, 11) is 0. The first-order valence-corrected chi connectivity index (χ1v) is 10.3. The molecule has 0 spiro atoms. The number of benzene rings is 1. The average molecular weight is 407 g/mol. The van der Waals surface area contributed by atoms with Gasteiger partial charge in [0.2, 0.25) is 0 Å². The molecule has 1 fully saturated rings. The van der Waals surface area contributed by atoms with Gasteiger partial charge in [0.25, 0.3) is 0 Å². The van der Waals surface area contributed by atoms with Crippen molar-refractivity contribution in [2.24, 2.45) is 10.9 Å². The van der Waals surface area contributed by atoms with Crippen LogP contribution in [0.25, 0.3) is 6.08 Å². The summed E-state index contributed by atoms with van der Waals surface area (Å²) in [5.74, 6) is 0.525. The lowest BCUT2D eigenvalue weighted by molar-refractivity contribution is -0.121. The van der Waals surface area contributed by atoms with E-state index in [1.54, 1.807) is 19.2 Å². The first-order valence-electron chi connectivity index (χ1n) is 9.93. The summed E-state index contributed by atoms with van der Waals surface area (Å²) in [6, 6.07) is 6.43. The maximum Gasteiger partial charge on any atom is 0.133 e. The van der Waals surface area contributed by atoms with Gasteiger partial charge in [-0.15, -0.1) is 0 Å². The Balaban J connectivity index is 0.000000221. The largest absolute Gasteiger partial charge is 0.370 e. The Morgan fingerprint density at radius 3 is 2.55 bits per heavy atom. The van der Waals surface area contributed by atoms with Gasteiger partial charge >= 0.3 is 0 Å². The molecule has 2 aliphatic rings. The molecule has 0 aliphatic carbocycles. The number of likely N-dealkylation sites (tertiary alicyclic amines) is 1. The molecule has 0 bridgehead atoms. The quantitative estimate of drug-likeness (QED) is 0.368. The molecule has 1 aromatic rings. The van der Waals surface area contributed by atoms with Crippen molar-refractivity contribution in [2.45, 2.75) is 33.6 Å². The van der Waals surface area contributed by atoms with Gasteiger partial charge in [0, 0.05) is 25.2 Å². The summed E-state index contributed by atoms with van der Waals surface area (Å²) in [6.07, 6.45) is 11.3. The molecule has 0 N–H and O–H groups in total. The number of nitrogens with zero attached hydrogens (tertiary/aromatic N) is 2. The van der Waals surface area contributed by atoms with Gasteiger partial charge in [-0.1, -0.05) is 67.4 Å². The average Bonchev–Trinajstić information content (AvgIpc) is 2.70. The van der Waals surface area contributed by atoms with Crippen molar-refractivity contribution in [3.8, 4) is 0 Å². The van der Waals surface area contributed by atoms with Gasteiger partial charge in [0.15, 0.2) is 0 Å². The normalized spacial score (nSPS) is 17.1. The predicted octanol–water partition coefficient (Wildman–Crippen LogP) is 5.64. The Morgan fingerprint density at radius 2 is 1.97 bits per heavy atom. The summed E-state index contributed by atoms with van der Waals surface area (Å²) in [4.78, 5) is 18.3. The van der Waals surface area contributed by atoms with Crippen LogP contribution < -0.4 is 0 Å². The van der Waals surface area contributed by atoms with E-state index in [1.807, 2.05) is 12.2 Å². The molecule has 2 heterocycles. The number of dihydropyridines is 1. The molecule has 2 aliphatic heterocycles. The minimum absolute atomic E-state index is 0.223. The SMILES string of the molecule is C=C/C=C\c1ccc(C)cc1C.C=C1N=CC=C(N2CCC(C(C)=O)CC2)C1=S. The van der Waals surface area contributed by atoms with Crippen molar-refractivity contribution < 1.29 is 4.79 Å². The predicted molar refractivity (Wildman–Crippen MR) is 128 cm³/mol. The van der Waals surface area contributed by atoms with E-state index in [0.29, 0.717) is 11.5 Å². The Labute approximate surface area is 180 Å². The number of aliphatic imine (C=N–C) groups is 1. The number of carbonyl (C=O) groups excluding carboxylic acids is 1. The molecule has 0 unspecified atom stereocenters. The van der Waals surface area contributed by atoms with Crippen LogP contribution in [0.15, 0.2) is 66.0 Å². The molecule has 152 valence electrons. The van der Waals surface area contributed by atoms with Gasteiger partial charge in [0.05, 0.1) is 16.3 Å². The van der Waals surface area contributed by atoms with E-state index < -0.39 is 0 Å². The Morgan fingerprint density at radius 1 is 1.28 bits per heavy atom. The molecule has 3 nitrogen and oxygen atoms in total. The van der Waals surface area contributed by atoms with E-state index in [-0.39, 0.29) is 5.92 Å². The molecule has 0 saturated carbocycles. The lowest BCUT2D eigenvalue weighted by atomic mass is 9.92. The number of hydrogen-bond donors (Lipinski definition) is 0. The summed E-state index contributed by atoms with van der Waals surface area (Å²) in [5, 5.41) is 0. The fraction of sp³-hybridized carbons (Fsp3) is 0.320. The first kappa shape index (κ1) is 22.7. The zero-order valence-corrected chi connectivity index (χ0v) is 18.5. The number of allylic oxidation sites excluding steroid dienone is 3. The van der Waals surface area contributed by atoms with Crippen LogP contribution in [0, 0.1) is 19.8 Å². The minimum Gasteiger partial charge on any atom is -0.370 e. The highest BCUT2D eigenvalue weighted by Gasteiger charge is 2.25. The van der Waals surface area contributed by atoms with Crippen molar-refractivity contribution >= 4 is 35.2 Å². The van der Waals surface area contributed by atoms with E-state index >= 15 is 0 Å². The molecule has 29 heavy (non-hydrogen) atoms. The lowest BCUT2D eigenvalue weighted by Gasteiger charge is -2.35. The Hall–Kier alpha value is -2.59. The number of thiocarbonyl (C=S) groups is 1. The van der Waals surface area contributed by atoms with Crippen LogP contribution in [-0.4, -0.2) is 34.9 Å². The minimum atomic E-state index is 0.223. The number of hydrogen-bond acceptors (Lipinski definition) is 4. The van der Waals surface area contributed by atoms with Gasteiger partial charge in [-0.25, -0.2) is 0 Å². The van der Waals surface area contributed by atoms with Gasteiger partial charge in [-0.2, -0.15) is 0 Å². The number of ketones is 1. The lowest BCUT2D eigenvalue weighted by Crippen LogP contribution is -2.37. The van der Waals surface area contributed by atoms with Crippen LogP contribution in [0.1, 0.15) is 36.5 Å². The molecule has 4 heteroatoms. The zero-order chi connectivity index (χ0) is 21.4. The summed E-state index contributed by atoms with van der Waals surface area (Å²) >= 11 is 5.32. The van der Waals surface area contributed by atoms with Gasteiger partial charge < -0.3 is 4.90 Å². The van der Waals surface area contributed by atoms with Crippen LogP contribution >= 0.6 is 12.2 Å². The second-order valence-electron chi connectivity index (χ2n) is 7.43. The number of Topliss-reactive ketones (excluding diaryl/α,β-unsaturated/α-hetero) is 1. The molecular formula is C25H30N2OS. The van der Waals surface area contributed by atoms with E-state index in [0.717, 1.165) is 36.5 Å². The standard InChI is InChI=1S/C13H16N2OS.C12H14/c1-9-13(17)12(3-6-14-9)15-7-4-11(5-8-15)10(2)16;1-4-5-6-12-8-7-10(2)9-11(12)3/h3,6,11H,1,4-5,7-8H2,2H3;4-9H,1H2,2-3H3/b;6-5-. The molecule has 0 aromatic heterocycles. The first-order chi connectivity index (χ1) is 13.8. The highest BCUT2D eigenvalue weighted by atomic mass is 32.1. The second-order valence-corrected chi connectivity index (χ2v) is 7.84. The summed E-state index contributed by atoms with van der Waals surface area (Å²) in [6.45, 7) is 15.1. The third kappa shape index (κ3) is 6.47. The maximum atomic E-state index is 11.3. The van der Waals surface area contributed by atoms with E-state index in [1.165, 1.54) is 16.7 Å². The van der Waals surface area contributed by atoms with Gasteiger partial charge in [-0.3, -0.25) is 9.79 Å². The third-order valence-electron chi connectivity index (χ3n) is 5.21. The Kier molecular flexibility index (Phi) is 8.47. The molecule has 1 aromatic carbocycles. The summed E-state index contributed by atoms with van der Waals surface area (Å²) < 4.78 is 0. The topological polar surface area (TPSA) is 32.7 Å². The van der Waals surface area contributed by atoms with E-state index in [9.17, 15) is 4.79 Å². The van der Waals surface area contributed by atoms with Crippen LogP contribution in [0.3, 0.4) is 0 Å². The molecule has 1 saturated heterocycles. The van der Waals surface area contributed by atoms with Crippen molar-refractivity contribution in [3.05, 3.63) is 77.7 Å². The van der Waals surface area contributed by atoms with Crippen molar-refractivity contribution in [1.29, 1.82) is 0 Å². The fourth-order valence-electron chi connectivity index (χ4n) is 3.44. The summed E-state index contributed by atoms with van der Waals surface area (Å²) in [5.41, 5.74) is 5.57. The monoisotopic (exact) mass is 406 g/mol. The van der Waals surface area contributed by atoms with Gasteiger partial charge in [0.1, 0.15) is 5.78 Å². The van der Waals surface area contributed by atoms with Gasteiger partial charge in [-0.05, 0) is 50.8 Å². The highest BCUT2D eigenvalue weighted by Crippen LogP contribution is 2.24. The number of aryl methyl sites for hydroxylation is 2. The van der Waals surface area contributed by atoms with Crippen LogP contribution in [0.5, 0.6) is 0 Å². The second kappa shape index (κ2) is 10.8. The van der Waals surface area contributed by atoms with Crippen LogP contribution in [0.4, 0.5) is 0 Å². The van der Waals surface area contributed by atoms with Crippen LogP contribution in [0.2, 0.25) is 0 Å². The van der Waals surface area contributed by atoms with Crippen molar-refractivity contribution in [1.82, 2.24) is 4.90 Å². The van der Waals surface area contributed by atoms with E-state index in [4.69, 9.17) is 12.2 Å². The molecule has 0 radical (unpaired) electrons. The van der Waals surface area contributed by atoms with Crippen molar-refractivity contribution in [3.63, 3.8) is 0 Å². The maximum absolute atomic E-state index is 11.3. The van der Waals surface area contributed by atoms with Crippen LogP contribution in [-0.2, 0) is 4.79 Å².